The molecule has 3 N–H and O–H groups in total. The predicted molar refractivity (Wildman–Crippen MR) is 68.2 cm³/mol. The Morgan fingerprint density at radius 1 is 1.29 bits per heavy atom. The average Bonchev–Trinajstić information content (AvgIpc) is 2.28. The Morgan fingerprint density at radius 3 is 2.53 bits per heavy atom. The maximum atomic E-state index is 11.4. The summed E-state index contributed by atoms with van der Waals surface area (Å²) in [7, 11) is 0. The average molecular weight is 270 g/mol. The van der Waals surface area contributed by atoms with Crippen LogP contribution in [0.5, 0.6) is 0 Å². The van der Waals surface area contributed by atoms with Gasteiger partial charge in [0.25, 0.3) is 5.56 Å². The first-order valence-electron chi connectivity index (χ1n) is 4.86. The number of hydrogen-bond acceptors (Lipinski definition) is 3. The van der Waals surface area contributed by atoms with E-state index in [1.165, 1.54) is 6.07 Å². The highest BCUT2D eigenvalue weighted by molar-refractivity contribution is 6.38. The van der Waals surface area contributed by atoms with Gasteiger partial charge in [-0.05, 0) is 12.1 Å². The smallest absolute Gasteiger partial charge is 0.251 e. The Labute approximate surface area is 107 Å². The molecule has 0 radical (unpaired) electrons. The Hall–Kier alpha value is -1.36. The van der Waals surface area contributed by atoms with Crippen LogP contribution < -0.4 is 11.3 Å². The van der Waals surface area contributed by atoms with Crippen LogP contribution in [-0.2, 0) is 6.54 Å². The molecule has 0 spiro atoms. The van der Waals surface area contributed by atoms with Crippen LogP contribution in [0.15, 0.2) is 29.1 Å². The molecule has 0 saturated carbocycles. The quantitative estimate of drug-likeness (QED) is 0.878. The van der Waals surface area contributed by atoms with Crippen LogP contribution >= 0.6 is 23.2 Å². The van der Waals surface area contributed by atoms with Gasteiger partial charge >= 0.3 is 0 Å². The maximum Gasteiger partial charge on any atom is 0.251 e. The number of nitrogens with zero attached hydrogens (tertiary/aromatic N) is 1. The minimum atomic E-state index is -0.286. The van der Waals surface area contributed by atoms with Gasteiger partial charge in [0.1, 0.15) is 5.82 Å². The first-order valence-corrected chi connectivity index (χ1v) is 5.62. The van der Waals surface area contributed by atoms with E-state index in [1.54, 1.807) is 18.2 Å². The van der Waals surface area contributed by atoms with Gasteiger partial charge in [0.05, 0.1) is 21.3 Å². The van der Waals surface area contributed by atoms with Crippen molar-refractivity contribution in [1.29, 1.82) is 0 Å². The predicted octanol–water partition coefficient (Wildman–Crippen LogP) is 2.20. The second-order valence-electron chi connectivity index (χ2n) is 3.39. The molecule has 0 aliphatic heterocycles. The van der Waals surface area contributed by atoms with E-state index in [0.717, 1.165) is 0 Å². The molecule has 0 amide bonds. The lowest BCUT2D eigenvalue weighted by Crippen LogP contribution is -2.13. The highest BCUT2D eigenvalue weighted by atomic mass is 35.5. The second kappa shape index (κ2) is 4.87. The summed E-state index contributed by atoms with van der Waals surface area (Å²) in [5.74, 6) is 0.327. The molecule has 1 aromatic carbocycles. The van der Waals surface area contributed by atoms with Gasteiger partial charge in [-0.25, -0.2) is 4.98 Å². The van der Waals surface area contributed by atoms with E-state index in [4.69, 9.17) is 28.9 Å². The molecule has 0 aliphatic carbocycles. The summed E-state index contributed by atoms with van der Waals surface area (Å²) in [6.45, 7) is 0.180. The summed E-state index contributed by atoms with van der Waals surface area (Å²) >= 11 is 12.1. The van der Waals surface area contributed by atoms with Gasteiger partial charge in [-0.2, -0.15) is 0 Å². The highest BCUT2D eigenvalue weighted by Gasteiger charge is 2.11. The van der Waals surface area contributed by atoms with Crippen molar-refractivity contribution in [3.05, 3.63) is 50.4 Å². The van der Waals surface area contributed by atoms with E-state index < -0.39 is 0 Å². The Bertz CT molecular complexity index is 590. The van der Waals surface area contributed by atoms with Gasteiger partial charge in [0, 0.05) is 12.6 Å². The van der Waals surface area contributed by atoms with Gasteiger partial charge in [-0.15, -0.1) is 0 Å². The summed E-state index contributed by atoms with van der Waals surface area (Å²) < 4.78 is 0. The third-order valence-corrected chi connectivity index (χ3v) is 2.83. The van der Waals surface area contributed by atoms with E-state index in [0.29, 0.717) is 27.1 Å². The van der Waals surface area contributed by atoms with Crippen LogP contribution in [0.25, 0.3) is 11.4 Å². The number of aromatic nitrogens is 2. The van der Waals surface area contributed by atoms with Gasteiger partial charge in [-0.1, -0.05) is 29.3 Å². The van der Waals surface area contributed by atoms with Gasteiger partial charge in [-0.3, -0.25) is 4.79 Å². The fraction of sp³-hybridized carbons (Fsp3) is 0.0909. The number of rotatable bonds is 2. The molecule has 0 aliphatic rings. The summed E-state index contributed by atoms with van der Waals surface area (Å²) in [5, 5.41) is 0.852. The van der Waals surface area contributed by atoms with Gasteiger partial charge < -0.3 is 10.7 Å². The first kappa shape index (κ1) is 12.1. The summed E-state index contributed by atoms with van der Waals surface area (Å²) in [4.78, 5) is 18.2. The number of aromatic amines is 1. The molecule has 4 nitrogen and oxygen atoms in total. The monoisotopic (exact) mass is 269 g/mol. The fourth-order valence-electron chi connectivity index (χ4n) is 1.45. The summed E-state index contributed by atoms with van der Waals surface area (Å²) in [6.07, 6.45) is 0. The van der Waals surface area contributed by atoms with Crippen LogP contribution in [0, 0.1) is 0 Å². The lowest BCUT2D eigenvalue weighted by atomic mass is 10.2. The lowest BCUT2D eigenvalue weighted by Gasteiger charge is -2.06. The molecule has 0 atom stereocenters. The molecule has 0 fully saturated rings. The summed E-state index contributed by atoms with van der Waals surface area (Å²) in [6, 6.07) is 6.42. The zero-order chi connectivity index (χ0) is 12.4. The van der Waals surface area contributed by atoms with Crippen molar-refractivity contribution in [2.24, 2.45) is 5.73 Å². The number of hydrogen-bond donors (Lipinski definition) is 2. The van der Waals surface area contributed by atoms with Crippen LogP contribution in [0.4, 0.5) is 0 Å². The fourth-order valence-corrected chi connectivity index (χ4v) is 2.03. The van der Waals surface area contributed by atoms with Crippen molar-refractivity contribution in [2.75, 3.05) is 0 Å². The van der Waals surface area contributed by atoms with Crippen molar-refractivity contribution >= 4 is 23.2 Å². The van der Waals surface area contributed by atoms with E-state index in [9.17, 15) is 4.79 Å². The molecular formula is C11H9Cl2N3O. The van der Waals surface area contributed by atoms with Crippen LogP contribution in [0.2, 0.25) is 10.0 Å². The standard InChI is InChI=1S/C11H9Cl2N3O/c12-7-2-1-3-8(13)10(7)11-15-6(5-14)4-9(17)16-11/h1-4H,5,14H2,(H,15,16,17). The Kier molecular flexibility index (Phi) is 3.47. The zero-order valence-electron chi connectivity index (χ0n) is 8.71. The molecule has 0 unspecified atom stereocenters. The molecular weight excluding hydrogens is 261 g/mol. The Balaban J connectivity index is 2.68. The van der Waals surface area contributed by atoms with Gasteiger partial charge in [0.15, 0.2) is 0 Å². The molecule has 2 aromatic rings. The number of benzene rings is 1. The maximum absolute atomic E-state index is 11.4. The third kappa shape index (κ3) is 2.49. The normalized spacial score (nSPS) is 10.5. The van der Waals surface area contributed by atoms with E-state index in [-0.39, 0.29) is 12.1 Å². The molecule has 6 heteroatoms. The summed E-state index contributed by atoms with van der Waals surface area (Å²) in [5.41, 5.74) is 6.16. The molecule has 88 valence electrons. The van der Waals surface area contributed by atoms with Crippen molar-refractivity contribution in [1.82, 2.24) is 9.97 Å². The topological polar surface area (TPSA) is 71.8 Å². The number of H-pyrrole nitrogens is 1. The molecule has 2 rings (SSSR count). The highest BCUT2D eigenvalue weighted by Crippen LogP contribution is 2.31. The molecule has 17 heavy (non-hydrogen) atoms. The van der Waals surface area contributed by atoms with E-state index >= 15 is 0 Å². The zero-order valence-corrected chi connectivity index (χ0v) is 10.2. The van der Waals surface area contributed by atoms with Crippen molar-refractivity contribution in [3.63, 3.8) is 0 Å². The molecule has 1 aromatic heterocycles. The third-order valence-electron chi connectivity index (χ3n) is 2.20. The van der Waals surface area contributed by atoms with Gasteiger partial charge in [0.2, 0.25) is 0 Å². The van der Waals surface area contributed by atoms with Crippen molar-refractivity contribution < 1.29 is 0 Å². The van der Waals surface area contributed by atoms with Crippen molar-refractivity contribution in [3.8, 4) is 11.4 Å². The second-order valence-corrected chi connectivity index (χ2v) is 4.20. The lowest BCUT2D eigenvalue weighted by molar-refractivity contribution is 0.956. The minimum absolute atomic E-state index is 0.180. The first-order chi connectivity index (χ1) is 8.11. The molecule has 0 saturated heterocycles. The van der Waals surface area contributed by atoms with Crippen LogP contribution in [-0.4, -0.2) is 9.97 Å². The number of halogens is 2. The number of nitrogens with two attached hydrogens (primary N) is 1. The number of nitrogens with one attached hydrogen (secondary N) is 1. The SMILES string of the molecule is NCc1cc(=O)[nH]c(-c2c(Cl)cccc2Cl)n1. The van der Waals surface area contributed by atoms with Crippen molar-refractivity contribution in [2.45, 2.75) is 6.54 Å². The Morgan fingerprint density at radius 2 is 1.94 bits per heavy atom. The van der Waals surface area contributed by atoms with Crippen LogP contribution in [0.3, 0.4) is 0 Å². The molecule has 0 bridgehead atoms. The largest absolute Gasteiger partial charge is 0.325 e. The van der Waals surface area contributed by atoms with E-state index in [2.05, 4.69) is 9.97 Å². The van der Waals surface area contributed by atoms with Crippen LogP contribution in [0.1, 0.15) is 5.69 Å². The minimum Gasteiger partial charge on any atom is -0.325 e. The molecule has 1 heterocycles. The van der Waals surface area contributed by atoms with E-state index in [1.807, 2.05) is 0 Å².